The molecule has 0 bridgehead atoms. The molecule has 0 aromatic rings. The Morgan fingerprint density at radius 3 is 2.75 bits per heavy atom. The van der Waals surface area contributed by atoms with E-state index in [4.69, 9.17) is 9.66 Å². The van der Waals surface area contributed by atoms with E-state index in [9.17, 15) is 13.5 Å². The highest BCUT2D eigenvalue weighted by Crippen LogP contribution is 2.09. The second-order valence-corrected chi connectivity index (χ2v) is 5.41. The molecule has 0 aliphatic carbocycles. The first-order valence-corrected chi connectivity index (χ1v) is 6.65. The summed E-state index contributed by atoms with van der Waals surface area (Å²) in [5, 5.41) is 21.2. The van der Waals surface area contributed by atoms with Crippen LogP contribution in [0.15, 0.2) is 0 Å². The van der Waals surface area contributed by atoms with Crippen LogP contribution in [0.4, 0.5) is 0 Å². The van der Waals surface area contributed by atoms with Crippen molar-refractivity contribution in [3.8, 4) is 0 Å². The third-order valence-corrected chi connectivity index (χ3v) is 3.51. The molecule has 7 nitrogen and oxygen atoms in total. The Bertz CT molecular complexity index is 306. The van der Waals surface area contributed by atoms with Gasteiger partial charge in [0.25, 0.3) is 10.1 Å². The Balaban J connectivity index is 2.55. The van der Waals surface area contributed by atoms with Crippen LogP contribution in [0.2, 0.25) is 0 Å². The molecule has 0 saturated carbocycles. The standard InChI is InChI=1S/C8H18N2O5S/c11-4-1-7-5-9-2-3-10(7)6-8(12)16(13,14)15/h7-9,11-12H,1-6H2,(H,13,14,15). The van der Waals surface area contributed by atoms with Gasteiger partial charge in [0.2, 0.25) is 0 Å². The van der Waals surface area contributed by atoms with Crippen molar-refractivity contribution in [2.45, 2.75) is 17.9 Å². The highest BCUT2D eigenvalue weighted by molar-refractivity contribution is 7.86. The minimum atomic E-state index is -4.41. The van der Waals surface area contributed by atoms with Gasteiger partial charge in [0.05, 0.1) is 0 Å². The lowest BCUT2D eigenvalue weighted by Crippen LogP contribution is -2.54. The number of nitrogens with one attached hydrogen (secondary N) is 1. The summed E-state index contributed by atoms with van der Waals surface area (Å²) < 4.78 is 30.0. The molecule has 2 unspecified atom stereocenters. The zero-order valence-corrected chi connectivity index (χ0v) is 9.73. The van der Waals surface area contributed by atoms with E-state index in [0.717, 1.165) is 0 Å². The summed E-state index contributed by atoms with van der Waals surface area (Å²) in [7, 11) is -4.41. The van der Waals surface area contributed by atoms with Gasteiger partial charge in [0.1, 0.15) is 0 Å². The van der Waals surface area contributed by atoms with Crippen molar-refractivity contribution < 1.29 is 23.2 Å². The lowest BCUT2D eigenvalue weighted by molar-refractivity contribution is 0.0900. The molecule has 0 spiro atoms. The predicted molar refractivity (Wildman–Crippen MR) is 57.5 cm³/mol. The quantitative estimate of drug-likeness (QED) is 0.414. The van der Waals surface area contributed by atoms with Gasteiger partial charge in [-0.2, -0.15) is 8.42 Å². The van der Waals surface area contributed by atoms with Crippen molar-refractivity contribution in [3.05, 3.63) is 0 Å². The molecule has 0 amide bonds. The normalized spacial score (nSPS) is 25.6. The van der Waals surface area contributed by atoms with Gasteiger partial charge in [-0.1, -0.05) is 0 Å². The van der Waals surface area contributed by atoms with Crippen molar-refractivity contribution >= 4 is 10.1 Å². The average molecular weight is 254 g/mol. The second-order valence-electron chi connectivity index (χ2n) is 3.83. The van der Waals surface area contributed by atoms with E-state index in [1.165, 1.54) is 0 Å². The van der Waals surface area contributed by atoms with E-state index < -0.39 is 15.6 Å². The molecule has 0 aromatic carbocycles. The number of rotatable bonds is 5. The number of aliphatic hydroxyl groups excluding tert-OH is 2. The Hall–Kier alpha value is -0.250. The maximum Gasteiger partial charge on any atom is 0.293 e. The molecule has 0 radical (unpaired) electrons. The van der Waals surface area contributed by atoms with E-state index in [2.05, 4.69) is 5.32 Å². The lowest BCUT2D eigenvalue weighted by atomic mass is 10.1. The molecule has 1 aliphatic rings. The first-order chi connectivity index (χ1) is 7.45. The molecule has 1 fully saturated rings. The highest BCUT2D eigenvalue weighted by atomic mass is 32.2. The van der Waals surface area contributed by atoms with Crippen molar-refractivity contribution in [3.63, 3.8) is 0 Å². The summed E-state index contributed by atoms with van der Waals surface area (Å²) >= 11 is 0. The molecule has 1 heterocycles. The van der Waals surface area contributed by atoms with Gasteiger partial charge in [-0.3, -0.25) is 9.45 Å². The molecule has 2 atom stereocenters. The van der Waals surface area contributed by atoms with Crippen molar-refractivity contribution in [1.82, 2.24) is 10.2 Å². The van der Waals surface area contributed by atoms with Gasteiger partial charge in [-0.15, -0.1) is 0 Å². The van der Waals surface area contributed by atoms with Crippen LogP contribution in [0.1, 0.15) is 6.42 Å². The number of nitrogens with zero attached hydrogens (tertiary/aromatic N) is 1. The van der Waals surface area contributed by atoms with Gasteiger partial charge >= 0.3 is 0 Å². The third kappa shape index (κ3) is 3.96. The maximum absolute atomic E-state index is 10.7. The smallest absolute Gasteiger partial charge is 0.293 e. The largest absolute Gasteiger partial charge is 0.396 e. The number of hydrogen-bond acceptors (Lipinski definition) is 6. The Morgan fingerprint density at radius 1 is 1.50 bits per heavy atom. The molecular formula is C8H18N2O5S. The van der Waals surface area contributed by atoms with E-state index >= 15 is 0 Å². The fourth-order valence-corrected chi connectivity index (χ4v) is 2.15. The Kier molecular flexibility index (Phi) is 5.09. The van der Waals surface area contributed by atoms with Gasteiger partial charge in [0, 0.05) is 38.8 Å². The summed E-state index contributed by atoms with van der Waals surface area (Å²) in [6.45, 7) is 1.78. The molecule has 1 aliphatic heterocycles. The van der Waals surface area contributed by atoms with Crippen LogP contribution in [-0.2, 0) is 10.1 Å². The van der Waals surface area contributed by atoms with E-state index in [-0.39, 0.29) is 19.2 Å². The molecule has 8 heteroatoms. The number of hydrogen-bond donors (Lipinski definition) is 4. The van der Waals surface area contributed by atoms with Gasteiger partial charge in [-0.05, 0) is 6.42 Å². The van der Waals surface area contributed by atoms with Crippen molar-refractivity contribution in [2.24, 2.45) is 0 Å². The van der Waals surface area contributed by atoms with E-state index in [1.54, 1.807) is 4.90 Å². The molecule has 0 aromatic heterocycles. The van der Waals surface area contributed by atoms with Gasteiger partial charge < -0.3 is 15.5 Å². The fourth-order valence-electron chi connectivity index (χ4n) is 1.77. The van der Waals surface area contributed by atoms with Crippen LogP contribution in [0.5, 0.6) is 0 Å². The minimum Gasteiger partial charge on any atom is -0.396 e. The topological polar surface area (TPSA) is 110 Å². The summed E-state index contributed by atoms with van der Waals surface area (Å²) in [6.07, 6.45) is 0.505. The average Bonchev–Trinajstić information content (AvgIpc) is 2.20. The Morgan fingerprint density at radius 2 is 2.19 bits per heavy atom. The maximum atomic E-state index is 10.7. The SMILES string of the molecule is O=S(=O)(O)C(O)CN1CCNCC1CCO. The summed E-state index contributed by atoms with van der Waals surface area (Å²) in [5.41, 5.74) is -1.79. The third-order valence-electron chi connectivity index (χ3n) is 2.67. The van der Waals surface area contributed by atoms with Gasteiger partial charge in [0.15, 0.2) is 5.44 Å². The first kappa shape index (κ1) is 13.8. The van der Waals surface area contributed by atoms with Crippen molar-refractivity contribution in [1.29, 1.82) is 0 Å². The second kappa shape index (κ2) is 5.89. The number of aliphatic hydroxyl groups is 2. The van der Waals surface area contributed by atoms with Crippen LogP contribution in [0, 0.1) is 0 Å². The van der Waals surface area contributed by atoms with Crippen LogP contribution >= 0.6 is 0 Å². The highest BCUT2D eigenvalue weighted by Gasteiger charge is 2.28. The molecular weight excluding hydrogens is 236 g/mol. The molecule has 16 heavy (non-hydrogen) atoms. The predicted octanol–water partition coefficient (Wildman–Crippen LogP) is -2.15. The van der Waals surface area contributed by atoms with E-state index in [0.29, 0.717) is 26.1 Å². The zero-order chi connectivity index (χ0) is 12.2. The van der Waals surface area contributed by atoms with Crippen molar-refractivity contribution in [2.75, 3.05) is 32.8 Å². The lowest BCUT2D eigenvalue weighted by Gasteiger charge is -2.36. The minimum absolute atomic E-state index is 0.00478. The first-order valence-electron chi connectivity index (χ1n) is 5.15. The van der Waals surface area contributed by atoms with Gasteiger partial charge in [-0.25, -0.2) is 0 Å². The molecule has 1 saturated heterocycles. The zero-order valence-electron chi connectivity index (χ0n) is 8.91. The van der Waals surface area contributed by atoms with Crippen LogP contribution < -0.4 is 5.32 Å². The number of piperazine rings is 1. The molecule has 96 valence electrons. The van der Waals surface area contributed by atoms with Crippen LogP contribution in [0.3, 0.4) is 0 Å². The Labute approximate surface area is 94.8 Å². The summed E-state index contributed by atoms with van der Waals surface area (Å²) in [4.78, 5) is 1.76. The fraction of sp³-hybridized carbons (Fsp3) is 1.00. The molecule has 4 N–H and O–H groups in total. The summed E-state index contributed by atoms with van der Waals surface area (Å²) in [5.74, 6) is 0. The number of β-amino-alcohol motifs (C(OH)–C–C–N with tert-alkyl or cyclic N) is 1. The summed E-state index contributed by atoms with van der Waals surface area (Å²) in [6, 6.07) is -0.0184. The van der Waals surface area contributed by atoms with E-state index in [1.807, 2.05) is 0 Å². The van der Waals surface area contributed by atoms with Crippen LogP contribution in [0.25, 0.3) is 0 Å². The van der Waals surface area contributed by atoms with Crippen LogP contribution in [-0.4, -0.2) is 72.3 Å². The monoisotopic (exact) mass is 254 g/mol. The molecule has 1 rings (SSSR count).